The zero-order valence-corrected chi connectivity index (χ0v) is 26.8. The lowest BCUT2D eigenvalue weighted by molar-refractivity contribution is 0.862. The van der Waals surface area contributed by atoms with E-state index >= 15 is 0 Å². The van der Waals surface area contributed by atoms with Crippen LogP contribution in [0.1, 0.15) is 97.3 Å². The van der Waals surface area contributed by atoms with E-state index in [0.29, 0.717) is 22.3 Å². The summed E-state index contributed by atoms with van der Waals surface area (Å²) in [6.07, 6.45) is 10.2. The van der Waals surface area contributed by atoms with E-state index in [0.717, 1.165) is 0 Å². The van der Waals surface area contributed by atoms with Gasteiger partial charge in [0.15, 0.2) is 0 Å². The highest BCUT2D eigenvalue weighted by atomic mass is 32.3. The van der Waals surface area contributed by atoms with Gasteiger partial charge in [-0.2, -0.15) is 0 Å². The molecule has 6 rings (SSSR count). The molecule has 1 heteroatoms. The molecule has 2 unspecified atom stereocenters. The van der Waals surface area contributed by atoms with E-state index in [-0.39, 0.29) is 0 Å². The molecule has 41 heavy (non-hydrogen) atoms. The van der Waals surface area contributed by atoms with Gasteiger partial charge in [-0.15, -0.1) is 0 Å². The molecule has 0 saturated carbocycles. The highest BCUT2D eigenvalue weighted by molar-refractivity contribution is 8.33. The molecule has 0 N–H and O–H groups in total. The van der Waals surface area contributed by atoms with Gasteiger partial charge >= 0.3 is 0 Å². The molecule has 4 aromatic carbocycles. The van der Waals surface area contributed by atoms with Crippen molar-refractivity contribution in [2.75, 3.05) is 12.5 Å². The predicted octanol–water partition coefficient (Wildman–Crippen LogP) is 11.9. The van der Waals surface area contributed by atoms with Crippen molar-refractivity contribution in [3.63, 3.8) is 0 Å². The van der Waals surface area contributed by atoms with Crippen LogP contribution in [-0.4, -0.2) is 12.5 Å². The first kappa shape index (κ1) is 27.9. The van der Waals surface area contributed by atoms with Crippen LogP contribution in [0.15, 0.2) is 96.1 Å². The standard InChI is InChI=1S/C40H44S/c1-25(2)31-21-33(29-15-11-9-12-16-29)35-19-27(5)39(37(35)23-31)41(7,8)40-28(6)20-36-34(30-17-13-10-14-18-30)22-32(26(3)4)24-38(36)40/h9-26,39-40H,1-8H3. The van der Waals surface area contributed by atoms with Crippen LogP contribution in [0.4, 0.5) is 0 Å². The second-order valence-electron chi connectivity index (χ2n) is 13.2. The summed E-state index contributed by atoms with van der Waals surface area (Å²) in [5.74, 6) is 0.969. The molecule has 0 radical (unpaired) electrons. The highest BCUT2D eigenvalue weighted by Gasteiger charge is 2.43. The third-order valence-corrected chi connectivity index (χ3v) is 13.0. The SMILES string of the molecule is CC1=Cc2c(-c3ccccc3)cc(C(C)C)cc2C1S(C)(C)C1C(C)=Cc2c(-c3ccccc3)cc(C(C)C)cc21. The van der Waals surface area contributed by atoms with Gasteiger partial charge in [0.25, 0.3) is 0 Å². The van der Waals surface area contributed by atoms with E-state index in [1.165, 1.54) is 66.8 Å². The van der Waals surface area contributed by atoms with Crippen molar-refractivity contribution in [2.45, 2.75) is 63.9 Å². The summed E-state index contributed by atoms with van der Waals surface area (Å²) in [6, 6.07) is 32.0. The van der Waals surface area contributed by atoms with Crippen LogP contribution in [-0.2, 0) is 0 Å². The summed E-state index contributed by atoms with van der Waals surface area (Å²) < 4.78 is 0. The van der Waals surface area contributed by atoms with Crippen LogP contribution in [0.25, 0.3) is 34.4 Å². The molecule has 0 saturated heterocycles. The van der Waals surface area contributed by atoms with E-state index in [1.54, 1.807) is 0 Å². The van der Waals surface area contributed by atoms with Crippen molar-refractivity contribution in [1.82, 2.24) is 0 Å². The minimum atomic E-state index is -1.18. The molecule has 0 bridgehead atoms. The average Bonchev–Trinajstić information content (AvgIpc) is 3.48. The second kappa shape index (κ2) is 10.5. The van der Waals surface area contributed by atoms with Crippen LogP contribution in [0, 0.1) is 0 Å². The first-order chi connectivity index (χ1) is 19.6. The molecule has 210 valence electrons. The number of hydrogen-bond acceptors (Lipinski definition) is 0. The van der Waals surface area contributed by atoms with E-state index in [9.17, 15) is 0 Å². The minimum Gasteiger partial charge on any atom is -0.226 e. The predicted molar refractivity (Wildman–Crippen MR) is 184 cm³/mol. The Morgan fingerprint density at radius 1 is 0.537 bits per heavy atom. The van der Waals surface area contributed by atoms with Gasteiger partial charge in [-0.1, -0.05) is 136 Å². The van der Waals surface area contributed by atoms with E-state index < -0.39 is 10.0 Å². The van der Waals surface area contributed by atoms with Crippen LogP contribution in [0.5, 0.6) is 0 Å². The number of fused-ring (bicyclic) bond motifs is 2. The van der Waals surface area contributed by atoms with Gasteiger partial charge in [0.2, 0.25) is 0 Å². The lowest BCUT2D eigenvalue weighted by Crippen LogP contribution is -2.17. The lowest BCUT2D eigenvalue weighted by Gasteiger charge is -2.46. The number of benzene rings is 4. The highest BCUT2D eigenvalue weighted by Crippen LogP contribution is 2.73. The van der Waals surface area contributed by atoms with Crippen molar-refractivity contribution >= 4 is 22.2 Å². The third kappa shape index (κ3) is 4.73. The Bertz CT molecular complexity index is 1540. The Balaban J connectivity index is 1.53. The van der Waals surface area contributed by atoms with Gasteiger partial charge in [-0.25, -0.2) is 10.0 Å². The summed E-state index contributed by atoms with van der Waals surface area (Å²) in [5, 5.41) is 0.863. The zero-order chi connectivity index (χ0) is 29.1. The number of hydrogen-bond donors (Lipinski definition) is 0. The fourth-order valence-electron chi connectivity index (χ4n) is 7.38. The average molecular weight is 557 g/mol. The molecule has 0 nitrogen and oxygen atoms in total. The molecule has 0 aromatic heterocycles. The Labute approximate surface area is 249 Å². The Kier molecular flexibility index (Phi) is 7.15. The molecule has 2 aliphatic carbocycles. The third-order valence-electron chi connectivity index (χ3n) is 9.32. The van der Waals surface area contributed by atoms with Gasteiger partial charge < -0.3 is 0 Å². The second-order valence-corrected chi connectivity index (χ2v) is 17.1. The normalized spacial score (nSPS) is 18.4. The first-order valence-corrected chi connectivity index (χ1v) is 17.7. The molecular formula is C40H44S. The number of rotatable bonds is 6. The van der Waals surface area contributed by atoms with Gasteiger partial charge in [0, 0.05) is 10.5 Å². The van der Waals surface area contributed by atoms with Crippen LogP contribution >= 0.6 is 10.0 Å². The maximum Gasteiger partial charge on any atom is 0.0361 e. The minimum absolute atomic E-state index is 0.431. The van der Waals surface area contributed by atoms with Crippen molar-refractivity contribution in [1.29, 1.82) is 0 Å². The fraction of sp³-hybridized carbons (Fsp3) is 0.300. The maximum absolute atomic E-state index is 2.61. The van der Waals surface area contributed by atoms with Crippen LogP contribution in [0.3, 0.4) is 0 Å². The largest absolute Gasteiger partial charge is 0.226 e. The summed E-state index contributed by atoms with van der Waals surface area (Å²) in [4.78, 5) is 0. The van der Waals surface area contributed by atoms with Gasteiger partial charge in [0.05, 0.1) is 0 Å². The molecule has 4 aromatic rings. The van der Waals surface area contributed by atoms with E-state index in [2.05, 4.69) is 151 Å². The Hall–Kier alpha value is -3.29. The smallest absolute Gasteiger partial charge is 0.0361 e. The van der Waals surface area contributed by atoms with E-state index in [1.807, 2.05) is 0 Å². The molecule has 0 amide bonds. The topological polar surface area (TPSA) is 0 Å². The Morgan fingerprint density at radius 2 is 0.902 bits per heavy atom. The molecular weight excluding hydrogens is 513 g/mol. The molecule has 2 aliphatic rings. The van der Waals surface area contributed by atoms with Gasteiger partial charge in [-0.3, -0.25) is 0 Å². The van der Waals surface area contributed by atoms with Crippen molar-refractivity contribution in [2.24, 2.45) is 0 Å². The summed E-state index contributed by atoms with van der Waals surface area (Å²) in [5.41, 5.74) is 17.3. The molecule has 0 heterocycles. The first-order valence-electron chi connectivity index (χ1n) is 15.1. The molecule has 2 atom stereocenters. The molecule has 0 spiro atoms. The fourth-order valence-corrected chi connectivity index (χ4v) is 11.4. The lowest BCUT2D eigenvalue weighted by atomic mass is 9.90. The molecule has 0 fully saturated rings. The summed E-state index contributed by atoms with van der Waals surface area (Å²) >= 11 is 0. The Morgan fingerprint density at radius 3 is 1.24 bits per heavy atom. The van der Waals surface area contributed by atoms with Crippen LogP contribution in [0.2, 0.25) is 0 Å². The van der Waals surface area contributed by atoms with Crippen molar-refractivity contribution < 1.29 is 0 Å². The van der Waals surface area contributed by atoms with Crippen molar-refractivity contribution in [3.8, 4) is 22.3 Å². The maximum atomic E-state index is 2.61. The quantitative estimate of drug-likeness (QED) is 0.221. The van der Waals surface area contributed by atoms with E-state index in [4.69, 9.17) is 0 Å². The monoisotopic (exact) mass is 556 g/mol. The molecule has 0 aliphatic heterocycles. The van der Waals surface area contributed by atoms with Gasteiger partial charge in [-0.05, 0) is 93.8 Å². The van der Waals surface area contributed by atoms with Crippen molar-refractivity contribution in [3.05, 3.63) is 129 Å². The van der Waals surface area contributed by atoms with Gasteiger partial charge in [0.1, 0.15) is 0 Å². The van der Waals surface area contributed by atoms with Crippen LogP contribution < -0.4 is 0 Å². The summed E-state index contributed by atoms with van der Waals surface area (Å²) in [6.45, 7) is 14.1. The summed E-state index contributed by atoms with van der Waals surface area (Å²) in [7, 11) is -1.18. The zero-order valence-electron chi connectivity index (χ0n) is 26.0.